The zero-order chi connectivity index (χ0) is 17.6. The molecular weight excluding hydrogens is 330 g/mol. The van der Waals surface area contributed by atoms with Crippen LogP contribution >= 0.6 is 0 Å². The molecule has 1 aliphatic rings. The Bertz CT molecular complexity index is 659. The first-order valence-corrected chi connectivity index (χ1v) is 9.86. The fourth-order valence-corrected chi connectivity index (χ4v) is 3.13. The first kappa shape index (κ1) is 18.5. The molecule has 1 aromatic rings. The van der Waals surface area contributed by atoms with Crippen molar-refractivity contribution in [2.45, 2.75) is 25.3 Å². The van der Waals surface area contributed by atoms with E-state index in [4.69, 9.17) is 4.74 Å². The van der Waals surface area contributed by atoms with Crippen LogP contribution < -0.4 is 15.4 Å². The molecule has 1 saturated carbocycles. The lowest BCUT2D eigenvalue weighted by molar-refractivity contribution is 0.239. The number of nitrogens with zero attached hydrogens (tertiary/aromatic N) is 1. The molecule has 0 heterocycles. The van der Waals surface area contributed by atoms with Gasteiger partial charge < -0.3 is 15.4 Å². The Hall–Kier alpha value is -1.80. The molecule has 0 spiro atoms. The number of amides is 2. The van der Waals surface area contributed by atoms with Crippen LogP contribution in [0.4, 0.5) is 4.79 Å². The molecule has 0 saturated heterocycles. The van der Waals surface area contributed by atoms with E-state index in [0.717, 1.165) is 24.2 Å². The van der Waals surface area contributed by atoms with E-state index < -0.39 is 10.0 Å². The summed E-state index contributed by atoms with van der Waals surface area (Å²) < 4.78 is 30.4. The quantitative estimate of drug-likeness (QED) is 0.691. The predicted octanol–water partition coefficient (Wildman–Crippen LogP) is 0.961. The van der Waals surface area contributed by atoms with Gasteiger partial charge in [0.15, 0.2) is 0 Å². The highest BCUT2D eigenvalue weighted by atomic mass is 32.2. The van der Waals surface area contributed by atoms with E-state index in [0.29, 0.717) is 13.0 Å². The van der Waals surface area contributed by atoms with Gasteiger partial charge in [0.05, 0.1) is 13.4 Å². The smallest absolute Gasteiger partial charge is 0.315 e. The van der Waals surface area contributed by atoms with Crippen molar-refractivity contribution in [3.8, 4) is 5.75 Å². The van der Waals surface area contributed by atoms with Crippen molar-refractivity contribution in [2.75, 3.05) is 33.0 Å². The van der Waals surface area contributed by atoms with Crippen molar-refractivity contribution >= 4 is 16.1 Å². The molecule has 2 amide bonds. The number of methoxy groups -OCH3 is 1. The molecule has 0 bridgehead atoms. The van der Waals surface area contributed by atoms with Gasteiger partial charge in [0.25, 0.3) is 0 Å². The zero-order valence-corrected chi connectivity index (χ0v) is 14.9. The minimum atomic E-state index is -3.33. The van der Waals surface area contributed by atoms with Crippen LogP contribution in [-0.4, -0.2) is 57.8 Å². The molecule has 1 aromatic carbocycles. The van der Waals surface area contributed by atoms with Gasteiger partial charge in [-0.25, -0.2) is 17.5 Å². The number of hydrogen-bond acceptors (Lipinski definition) is 4. The molecule has 1 fully saturated rings. The Morgan fingerprint density at radius 3 is 2.71 bits per heavy atom. The zero-order valence-electron chi connectivity index (χ0n) is 14.1. The van der Waals surface area contributed by atoms with Crippen LogP contribution in [0.15, 0.2) is 24.3 Å². The Labute approximate surface area is 143 Å². The number of carbonyl (C=O) groups excluding carboxylic acids is 1. The predicted molar refractivity (Wildman–Crippen MR) is 92.7 cm³/mol. The maximum atomic E-state index is 11.9. The molecule has 0 aliphatic heterocycles. The van der Waals surface area contributed by atoms with E-state index in [1.807, 2.05) is 24.3 Å². The van der Waals surface area contributed by atoms with E-state index in [9.17, 15) is 13.2 Å². The monoisotopic (exact) mass is 355 g/mol. The summed E-state index contributed by atoms with van der Waals surface area (Å²) in [7, 11) is -1.73. The average molecular weight is 355 g/mol. The van der Waals surface area contributed by atoms with Crippen molar-refractivity contribution in [3.63, 3.8) is 0 Å². The molecule has 0 radical (unpaired) electrons. The topological polar surface area (TPSA) is 87.7 Å². The molecule has 1 aliphatic carbocycles. The number of rotatable bonds is 9. The summed E-state index contributed by atoms with van der Waals surface area (Å²) in [5.74, 6) is 0.747. The number of benzene rings is 1. The number of sulfonamides is 1. The van der Waals surface area contributed by atoms with Gasteiger partial charge >= 0.3 is 6.03 Å². The number of ether oxygens (including phenoxy) is 1. The average Bonchev–Trinajstić information content (AvgIpc) is 3.33. The van der Waals surface area contributed by atoms with Gasteiger partial charge in [0, 0.05) is 25.7 Å². The third-order valence-corrected chi connectivity index (χ3v) is 5.12. The molecule has 0 unspecified atom stereocenters. The van der Waals surface area contributed by atoms with Crippen LogP contribution in [0.25, 0.3) is 0 Å². The van der Waals surface area contributed by atoms with E-state index in [1.54, 1.807) is 7.11 Å². The van der Waals surface area contributed by atoms with Crippen LogP contribution in [0.1, 0.15) is 18.4 Å². The second kappa shape index (κ2) is 8.34. The van der Waals surface area contributed by atoms with E-state index in [1.165, 1.54) is 10.6 Å². The highest BCUT2D eigenvalue weighted by molar-refractivity contribution is 7.88. The number of nitrogens with one attached hydrogen (secondary N) is 2. The first-order chi connectivity index (χ1) is 11.4. The lowest BCUT2D eigenvalue weighted by atomic mass is 10.1. The minimum absolute atomic E-state index is 0.237. The molecule has 2 rings (SSSR count). The highest BCUT2D eigenvalue weighted by Gasteiger charge is 2.23. The van der Waals surface area contributed by atoms with E-state index >= 15 is 0 Å². The summed E-state index contributed by atoms with van der Waals surface area (Å²) >= 11 is 0. The molecule has 134 valence electrons. The first-order valence-electron chi connectivity index (χ1n) is 8.01. The molecule has 2 N–H and O–H groups in total. The second-order valence-corrected chi connectivity index (χ2v) is 7.92. The van der Waals surface area contributed by atoms with Crippen LogP contribution in [0.3, 0.4) is 0 Å². The molecule has 24 heavy (non-hydrogen) atoms. The fraction of sp³-hybridized carbons (Fsp3) is 0.562. The summed E-state index contributed by atoms with van der Waals surface area (Å²) in [6.07, 6.45) is 3.80. The maximum Gasteiger partial charge on any atom is 0.315 e. The van der Waals surface area contributed by atoms with Crippen molar-refractivity contribution in [2.24, 2.45) is 0 Å². The van der Waals surface area contributed by atoms with Gasteiger partial charge in [-0.05, 0) is 37.0 Å². The van der Waals surface area contributed by atoms with Gasteiger partial charge in [-0.2, -0.15) is 0 Å². The molecular formula is C16H25N3O4S. The summed E-state index contributed by atoms with van der Waals surface area (Å²) in [5, 5.41) is 5.50. The Morgan fingerprint density at radius 1 is 1.33 bits per heavy atom. The van der Waals surface area contributed by atoms with Gasteiger partial charge in [-0.15, -0.1) is 0 Å². The van der Waals surface area contributed by atoms with Gasteiger partial charge in [-0.3, -0.25) is 0 Å². The lowest BCUT2D eigenvalue weighted by Gasteiger charge is -2.20. The number of carbonyl (C=O) groups is 1. The molecule has 0 atom stereocenters. The van der Waals surface area contributed by atoms with Crippen molar-refractivity contribution in [3.05, 3.63) is 29.8 Å². The third-order valence-electron chi connectivity index (χ3n) is 3.81. The van der Waals surface area contributed by atoms with E-state index in [2.05, 4.69) is 10.6 Å². The largest absolute Gasteiger partial charge is 0.497 e. The van der Waals surface area contributed by atoms with Crippen LogP contribution in [0, 0.1) is 0 Å². The van der Waals surface area contributed by atoms with E-state index in [-0.39, 0.29) is 25.2 Å². The van der Waals surface area contributed by atoms with Crippen LogP contribution in [0.2, 0.25) is 0 Å². The summed E-state index contributed by atoms with van der Waals surface area (Å²) in [5.41, 5.74) is 1.00. The van der Waals surface area contributed by atoms with Crippen LogP contribution in [-0.2, 0) is 16.4 Å². The lowest BCUT2D eigenvalue weighted by Crippen LogP contribution is -2.43. The van der Waals surface area contributed by atoms with Crippen molar-refractivity contribution < 1.29 is 17.9 Å². The van der Waals surface area contributed by atoms with Gasteiger partial charge in [-0.1, -0.05) is 12.1 Å². The van der Waals surface area contributed by atoms with Gasteiger partial charge in [0.1, 0.15) is 5.75 Å². The normalized spacial score (nSPS) is 14.5. The summed E-state index contributed by atoms with van der Waals surface area (Å²) in [6, 6.07) is 7.59. The Morgan fingerprint density at radius 2 is 2.08 bits per heavy atom. The van der Waals surface area contributed by atoms with Gasteiger partial charge in [0.2, 0.25) is 10.0 Å². The SMILES string of the molecule is COc1cccc(CCN(CCNC(=O)NC2CC2)S(C)(=O)=O)c1. The summed E-state index contributed by atoms with van der Waals surface area (Å²) in [4.78, 5) is 11.6. The second-order valence-electron chi connectivity index (χ2n) is 5.94. The standard InChI is InChI=1S/C16H25N3O4S/c1-23-15-5-3-4-13(12-15)8-10-19(24(2,21)22)11-9-17-16(20)18-14-6-7-14/h3-5,12,14H,6-11H2,1-2H3,(H2,17,18,20). The molecule has 0 aromatic heterocycles. The third kappa shape index (κ3) is 6.37. The number of hydrogen-bond donors (Lipinski definition) is 2. The molecule has 7 nitrogen and oxygen atoms in total. The fourth-order valence-electron chi connectivity index (χ4n) is 2.28. The van der Waals surface area contributed by atoms with Crippen molar-refractivity contribution in [1.29, 1.82) is 0 Å². The highest BCUT2D eigenvalue weighted by Crippen LogP contribution is 2.18. The Balaban J connectivity index is 1.82. The summed E-state index contributed by atoms with van der Waals surface area (Å²) in [6.45, 7) is 0.891. The number of urea groups is 1. The Kier molecular flexibility index (Phi) is 6.44. The van der Waals surface area contributed by atoms with Crippen LogP contribution in [0.5, 0.6) is 5.75 Å². The maximum absolute atomic E-state index is 11.9. The minimum Gasteiger partial charge on any atom is -0.497 e. The van der Waals surface area contributed by atoms with Crippen molar-refractivity contribution in [1.82, 2.24) is 14.9 Å². The molecule has 8 heteroatoms.